The molecule has 3 heteroatoms. The second-order valence-electron chi connectivity index (χ2n) is 5.71. The first-order valence-electron chi connectivity index (χ1n) is 8.13. The summed E-state index contributed by atoms with van der Waals surface area (Å²) in [4.78, 5) is 3.59. The van der Waals surface area contributed by atoms with E-state index in [-0.39, 0.29) is 6.04 Å². The lowest BCUT2D eigenvalue weighted by molar-refractivity contribution is 0.721. The first kappa shape index (κ1) is 15.2. The number of hydrogen-bond acceptors (Lipinski definition) is 2. The maximum Gasteiger partial charge on any atom is 0.0991 e. The molecule has 0 aliphatic rings. The quantitative estimate of drug-likeness (QED) is 0.683. The van der Waals surface area contributed by atoms with E-state index in [1.807, 2.05) is 24.3 Å². The molecule has 3 rings (SSSR count). The number of hydrogen-bond donors (Lipinski definition) is 2. The third-order valence-electron chi connectivity index (χ3n) is 4.31. The Morgan fingerprint density at radius 2 is 1.83 bits per heavy atom. The summed E-state index contributed by atoms with van der Waals surface area (Å²) in [5, 5.41) is 13.8. The third-order valence-corrected chi connectivity index (χ3v) is 4.31. The molecule has 0 fully saturated rings. The van der Waals surface area contributed by atoms with Crippen molar-refractivity contribution in [2.75, 3.05) is 5.32 Å². The fourth-order valence-electron chi connectivity index (χ4n) is 3.12. The highest BCUT2D eigenvalue weighted by Gasteiger charge is 2.17. The van der Waals surface area contributed by atoms with E-state index in [4.69, 9.17) is 5.26 Å². The van der Waals surface area contributed by atoms with E-state index < -0.39 is 0 Å². The highest BCUT2D eigenvalue weighted by Crippen LogP contribution is 2.31. The molecule has 0 spiro atoms. The summed E-state index contributed by atoms with van der Waals surface area (Å²) in [5.74, 6) is 0. The molecule has 0 amide bonds. The average Bonchev–Trinajstić information content (AvgIpc) is 2.98. The summed E-state index contributed by atoms with van der Waals surface area (Å²) in [6.07, 6.45) is 1.99. The standard InChI is InChI=1S/C20H21N3/c1-3-16-17-7-5-6-8-19(17)23-20(16)18(4-2)22-15-11-9-14(13-21)10-12-15/h5-12,18,22-23H,3-4H2,1-2H3. The molecule has 116 valence electrons. The molecule has 0 saturated heterocycles. The Hall–Kier alpha value is -2.73. The smallest absolute Gasteiger partial charge is 0.0991 e. The van der Waals surface area contributed by atoms with Crippen molar-refractivity contribution in [2.24, 2.45) is 0 Å². The zero-order valence-corrected chi connectivity index (χ0v) is 13.6. The number of aromatic nitrogens is 1. The largest absolute Gasteiger partial charge is 0.377 e. The molecule has 0 bridgehead atoms. The highest BCUT2D eigenvalue weighted by atomic mass is 14.9. The average molecular weight is 303 g/mol. The second kappa shape index (κ2) is 6.58. The molecule has 3 aromatic rings. The summed E-state index contributed by atoms with van der Waals surface area (Å²) < 4.78 is 0. The van der Waals surface area contributed by atoms with Gasteiger partial charge in [0.25, 0.3) is 0 Å². The summed E-state index contributed by atoms with van der Waals surface area (Å²) in [6, 6.07) is 18.5. The fraction of sp³-hybridized carbons (Fsp3) is 0.250. The fourth-order valence-corrected chi connectivity index (χ4v) is 3.12. The van der Waals surface area contributed by atoms with Gasteiger partial charge in [0.2, 0.25) is 0 Å². The molecule has 0 aliphatic carbocycles. The summed E-state index contributed by atoms with van der Waals surface area (Å²) in [7, 11) is 0. The Morgan fingerprint density at radius 3 is 2.48 bits per heavy atom. The van der Waals surface area contributed by atoms with E-state index in [1.165, 1.54) is 22.2 Å². The molecule has 0 saturated carbocycles. The Morgan fingerprint density at radius 1 is 1.09 bits per heavy atom. The van der Waals surface area contributed by atoms with Gasteiger partial charge in [-0.1, -0.05) is 32.0 Å². The Kier molecular flexibility index (Phi) is 4.34. The minimum Gasteiger partial charge on any atom is -0.377 e. The molecule has 23 heavy (non-hydrogen) atoms. The lowest BCUT2D eigenvalue weighted by Gasteiger charge is -2.19. The predicted octanol–water partition coefficient (Wildman–Crippen LogP) is 5.17. The van der Waals surface area contributed by atoms with E-state index in [0.717, 1.165) is 18.5 Å². The highest BCUT2D eigenvalue weighted by molar-refractivity contribution is 5.85. The van der Waals surface area contributed by atoms with Crippen molar-refractivity contribution in [3.8, 4) is 6.07 Å². The number of nitriles is 1. The zero-order valence-electron chi connectivity index (χ0n) is 13.6. The van der Waals surface area contributed by atoms with Crippen LogP contribution in [0.2, 0.25) is 0 Å². The van der Waals surface area contributed by atoms with Crippen LogP contribution in [0.4, 0.5) is 5.69 Å². The van der Waals surface area contributed by atoms with Gasteiger partial charge in [0, 0.05) is 22.3 Å². The van der Waals surface area contributed by atoms with Crippen LogP contribution >= 0.6 is 0 Å². The Labute approximate surface area is 137 Å². The molecule has 0 aliphatic heterocycles. The van der Waals surface area contributed by atoms with Gasteiger partial charge >= 0.3 is 0 Å². The van der Waals surface area contributed by atoms with Gasteiger partial charge < -0.3 is 10.3 Å². The van der Waals surface area contributed by atoms with Crippen LogP contribution in [0.5, 0.6) is 0 Å². The van der Waals surface area contributed by atoms with Crippen LogP contribution in [0.3, 0.4) is 0 Å². The van der Waals surface area contributed by atoms with Gasteiger partial charge in [-0.15, -0.1) is 0 Å². The number of nitrogens with zero attached hydrogens (tertiary/aromatic N) is 1. The maximum absolute atomic E-state index is 8.91. The molecule has 1 aromatic heterocycles. The molecule has 1 heterocycles. The normalized spacial score (nSPS) is 12.0. The van der Waals surface area contributed by atoms with E-state index in [0.29, 0.717) is 5.56 Å². The first-order valence-corrected chi connectivity index (χ1v) is 8.13. The molecular weight excluding hydrogens is 282 g/mol. The number of aryl methyl sites for hydroxylation is 1. The molecular formula is C20H21N3. The minimum atomic E-state index is 0.227. The van der Waals surface area contributed by atoms with Crippen LogP contribution in [-0.4, -0.2) is 4.98 Å². The van der Waals surface area contributed by atoms with Gasteiger partial charge in [-0.05, 0) is 48.7 Å². The number of anilines is 1. The molecule has 1 atom stereocenters. The summed E-state index contributed by atoms with van der Waals surface area (Å²) in [5.41, 5.74) is 5.56. The monoisotopic (exact) mass is 303 g/mol. The topological polar surface area (TPSA) is 51.6 Å². The molecule has 1 unspecified atom stereocenters. The number of H-pyrrole nitrogens is 1. The number of rotatable bonds is 5. The van der Waals surface area contributed by atoms with Crippen LogP contribution in [0.1, 0.15) is 43.1 Å². The van der Waals surface area contributed by atoms with E-state index in [2.05, 4.69) is 54.5 Å². The van der Waals surface area contributed by atoms with Crippen LogP contribution in [-0.2, 0) is 6.42 Å². The van der Waals surface area contributed by atoms with Gasteiger partial charge in [-0.2, -0.15) is 5.26 Å². The van der Waals surface area contributed by atoms with Crippen LogP contribution in [0.25, 0.3) is 10.9 Å². The van der Waals surface area contributed by atoms with Crippen LogP contribution in [0, 0.1) is 11.3 Å². The maximum atomic E-state index is 8.91. The predicted molar refractivity (Wildman–Crippen MR) is 95.5 cm³/mol. The first-order chi connectivity index (χ1) is 11.3. The van der Waals surface area contributed by atoms with Gasteiger partial charge in [-0.25, -0.2) is 0 Å². The molecule has 2 aromatic carbocycles. The van der Waals surface area contributed by atoms with Crippen molar-refractivity contribution >= 4 is 16.6 Å². The number of benzene rings is 2. The van der Waals surface area contributed by atoms with Gasteiger partial charge in [0.1, 0.15) is 0 Å². The van der Waals surface area contributed by atoms with Crippen molar-refractivity contribution in [2.45, 2.75) is 32.7 Å². The van der Waals surface area contributed by atoms with Gasteiger partial charge in [0.15, 0.2) is 0 Å². The third kappa shape index (κ3) is 2.93. The molecule has 2 N–H and O–H groups in total. The van der Waals surface area contributed by atoms with Gasteiger partial charge in [0.05, 0.1) is 17.7 Å². The number of nitrogens with one attached hydrogen (secondary N) is 2. The van der Waals surface area contributed by atoms with Crippen molar-refractivity contribution in [3.05, 3.63) is 65.4 Å². The van der Waals surface area contributed by atoms with E-state index >= 15 is 0 Å². The lowest BCUT2D eigenvalue weighted by Crippen LogP contribution is -2.12. The lowest BCUT2D eigenvalue weighted by atomic mass is 10.0. The van der Waals surface area contributed by atoms with E-state index in [9.17, 15) is 0 Å². The van der Waals surface area contributed by atoms with Crippen molar-refractivity contribution in [1.29, 1.82) is 5.26 Å². The van der Waals surface area contributed by atoms with Crippen LogP contribution < -0.4 is 5.32 Å². The Bertz CT molecular complexity index is 837. The second-order valence-corrected chi connectivity index (χ2v) is 5.71. The minimum absolute atomic E-state index is 0.227. The van der Waals surface area contributed by atoms with Crippen molar-refractivity contribution in [3.63, 3.8) is 0 Å². The van der Waals surface area contributed by atoms with E-state index in [1.54, 1.807) is 0 Å². The number of fused-ring (bicyclic) bond motifs is 1. The zero-order chi connectivity index (χ0) is 16.2. The SMILES string of the molecule is CCc1c(C(CC)Nc2ccc(C#N)cc2)[nH]c2ccccc12. The summed E-state index contributed by atoms with van der Waals surface area (Å²) >= 11 is 0. The Balaban J connectivity index is 1.95. The molecule has 0 radical (unpaired) electrons. The van der Waals surface area contributed by atoms with Crippen molar-refractivity contribution in [1.82, 2.24) is 4.98 Å². The molecule has 3 nitrogen and oxygen atoms in total. The number of aromatic amines is 1. The van der Waals surface area contributed by atoms with Crippen molar-refractivity contribution < 1.29 is 0 Å². The number of para-hydroxylation sites is 1. The van der Waals surface area contributed by atoms with Gasteiger partial charge in [-0.3, -0.25) is 0 Å². The summed E-state index contributed by atoms with van der Waals surface area (Å²) in [6.45, 7) is 4.39. The van der Waals surface area contributed by atoms with Crippen LogP contribution in [0.15, 0.2) is 48.5 Å².